The summed E-state index contributed by atoms with van der Waals surface area (Å²) in [6.07, 6.45) is 1.46. The first-order valence-electron chi connectivity index (χ1n) is 6.57. The van der Waals surface area contributed by atoms with Crippen molar-refractivity contribution >= 4 is 17.4 Å². The van der Waals surface area contributed by atoms with Crippen LogP contribution in [0.3, 0.4) is 0 Å². The average molecular weight is 310 g/mol. The van der Waals surface area contributed by atoms with Gasteiger partial charge in [-0.1, -0.05) is 11.6 Å². The lowest BCUT2D eigenvalue weighted by molar-refractivity contribution is 0.102. The van der Waals surface area contributed by atoms with E-state index in [4.69, 9.17) is 11.6 Å². The lowest BCUT2D eigenvalue weighted by Gasteiger charge is -2.12. The molecule has 6 heteroatoms. The van der Waals surface area contributed by atoms with E-state index < -0.39 is 0 Å². The molecule has 1 aromatic heterocycles. The van der Waals surface area contributed by atoms with Gasteiger partial charge in [0.05, 0.1) is 17.8 Å². The van der Waals surface area contributed by atoms with Crippen LogP contribution in [0.4, 0.5) is 4.39 Å². The van der Waals surface area contributed by atoms with E-state index in [1.807, 2.05) is 19.0 Å². The van der Waals surface area contributed by atoms with Crippen LogP contribution < -0.4 is 0 Å². The van der Waals surface area contributed by atoms with Gasteiger partial charge in [0.15, 0.2) is 0 Å². The van der Waals surface area contributed by atoms with Gasteiger partial charge in [-0.15, -0.1) is 0 Å². The highest BCUT2D eigenvalue weighted by atomic mass is 35.5. The van der Waals surface area contributed by atoms with Crippen molar-refractivity contribution in [3.63, 3.8) is 0 Å². The summed E-state index contributed by atoms with van der Waals surface area (Å²) in [4.78, 5) is 14.6. The number of aromatic nitrogens is 2. The van der Waals surface area contributed by atoms with Crippen molar-refractivity contribution in [1.29, 1.82) is 0 Å². The number of hydrogen-bond donors (Lipinski definition) is 0. The normalized spacial score (nSPS) is 11.1. The van der Waals surface area contributed by atoms with Crippen LogP contribution in [0.2, 0.25) is 5.02 Å². The Labute approximate surface area is 128 Å². The molecule has 0 saturated carbocycles. The van der Waals surface area contributed by atoms with Crippen molar-refractivity contribution in [2.75, 3.05) is 20.6 Å². The summed E-state index contributed by atoms with van der Waals surface area (Å²) in [6.45, 7) is 2.92. The Kier molecular flexibility index (Phi) is 4.75. The molecule has 2 aromatic rings. The highest BCUT2D eigenvalue weighted by Crippen LogP contribution is 2.20. The number of aryl methyl sites for hydroxylation is 1. The van der Waals surface area contributed by atoms with Gasteiger partial charge in [-0.3, -0.25) is 9.48 Å². The maximum atomic E-state index is 13.3. The molecule has 0 saturated heterocycles. The van der Waals surface area contributed by atoms with Crippen molar-refractivity contribution in [3.8, 4) is 0 Å². The number of carbonyl (C=O) groups is 1. The fourth-order valence-electron chi connectivity index (χ4n) is 1.98. The molecule has 0 unspecified atom stereocenters. The maximum absolute atomic E-state index is 13.3. The van der Waals surface area contributed by atoms with Crippen LogP contribution in [-0.2, 0) is 6.54 Å². The smallest absolute Gasteiger partial charge is 0.212 e. The number of ketones is 1. The first kappa shape index (κ1) is 15.7. The Balaban J connectivity index is 2.34. The third-order valence-corrected chi connectivity index (χ3v) is 3.47. The Hall–Kier alpha value is -1.72. The minimum absolute atomic E-state index is 0.251. The largest absolute Gasteiger partial charge is 0.308 e. The number of rotatable bonds is 5. The molecule has 1 aromatic carbocycles. The molecule has 0 fully saturated rings. The topological polar surface area (TPSA) is 38.1 Å². The SMILES string of the molecule is Cc1cc(C(=O)c2c(Cl)cnn2CCN(C)C)ccc1F. The molecular weight excluding hydrogens is 293 g/mol. The average Bonchev–Trinajstić information content (AvgIpc) is 2.80. The summed E-state index contributed by atoms with van der Waals surface area (Å²) >= 11 is 6.08. The molecular formula is C15H17ClFN3O. The van der Waals surface area contributed by atoms with Gasteiger partial charge >= 0.3 is 0 Å². The van der Waals surface area contributed by atoms with Crippen LogP contribution in [-0.4, -0.2) is 41.1 Å². The third-order valence-electron chi connectivity index (χ3n) is 3.19. The molecule has 112 valence electrons. The zero-order valence-electron chi connectivity index (χ0n) is 12.2. The molecule has 2 rings (SSSR count). The van der Waals surface area contributed by atoms with Crippen LogP contribution in [0.25, 0.3) is 0 Å². The molecule has 0 aliphatic carbocycles. The van der Waals surface area contributed by atoms with Gasteiger partial charge in [0.25, 0.3) is 0 Å². The predicted molar refractivity (Wildman–Crippen MR) is 80.4 cm³/mol. The summed E-state index contributed by atoms with van der Waals surface area (Å²) in [5.74, 6) is -0.585. The van der Waals surface area contributed by atoms with Gasteiger partial charge in [-0.05, 0) is 44.8 Å². The summed E-state index contributed by atoms with van der Waals surface area (Å²) in [7, 11) is 3.88. The molecule has 0 amide bonds. The van der Waals surface area contributed by atoms with Crippen molar-refractivity contribution in [3.05, 3.63) is 52.1 Å². The second kappa shape index (κ2) is 6.37. The Morgan fingerprint density at radius 1 is 1.43 bits per heavy atom. The van der Waals surface area contributed by atoms with E-state index in [0.717, 1.165) is 6.54 Å². The number of nitrogens with zero attached hydrogens (tertiary/aromatic N) is 3. The monoisotopic (exact) mass is 309 g/mol. The Morgan fingerprint density at radius 2 is 2.14 bits per heavy atom. The third kappa shape index (κ3) is 3.49. The zero-order chi connectivity index (χ0) is 15.6. The number of benzene rings is 1. The fourth-order valence-corrected chi connectivity index (χ4v) is 2.20. The molecule has 0 aliphatic rings. The number of carbonyl (C=O) groups excluding carboxylic acids is 1. The summed E-state index contributed by atoms with van der Waals surface area (Å²) in [6, 6.07) is 4.28. The van der Waals surface area contributed by atoms with E-state index in [1.54, 1.807) is 11.6 Å². The summed E-state index contributed by atoms with van der Waals surface area (Å²) in [5.41, 5.74) is 1.17. The number of likely N-dealkylation sites (N-methyl/N-ethyl adjacent to an activating group) is 1. The zero-order valence-corrected chi connectivity index (χ0v) is 13.0. The van der Waals surface area contributed by atoms with Crippen LogP contribution in [0, 0.1) is 12.7 Å². The van der Waals surface area contributed by atoms with E-state index in [1.165, 1.54) is 24.4 Å². The highest BCUT2D eigenvalue weighted by Gasteiger charge is 2.19. The second-order valence-corrected chi connectivity index (χ2v) is 5.57. The summed E-state index contributed by atoms with van der Waals surface area (Å²) in [5, 5.41) is 4.44. The Morgan fingerprint density at radius 3 is 2.76 bits per heavy atom. The molecule has 21 heavy (non-hydrogen) atoms. The Bertz CT molecular complexity index is 667. The van der Waals surface area contributed by atoms with Crippen LogP contribution in [0.5, 0.6) is 0 Å². The van der Waals surface area contributed by atoms with Gasteiger partial charge in [0, 0.05) is 12.1 Å². The first-order chi connectivity index (χ1) is 9.90. The van der Waals surface area contributed by atoms with Crippen molar-refractivity contribution in [1.82, 2.24) is 14.7 Å². The van der Waals surface area contributed by atoms with Crippen molar-refractivity contribution < 1.29 is 9.18 Å². The number of halogens is 2. The van der Waals surface area contributed by atoms with Gasteiger partial charge in [-0.2, -0.15) is 5.10 Å². The molecule has 0 spiro atoms. The second-order valence-electron chi connectivity index (χ2n) is 5.16. The van der Waals surface area contributed by atoms with E-state index in [0.29, 0.717) is 28.4 Å². The predicted octanol–water partition coefficient (Wildman–Crippen LogP) is 2.78. The van der Waals surface area contributed by atoms with Crippen LogP contribution in [0.15, 0.2) is 24.4 Å². The van der Waals surface area contributed by atoms with Gasteiger partial charge in [0.2, 0.25) is 5.78 Å². The minimum Gasteiger partial charge on any atom is -0.308 e. The fraction of sp³-hybridized carbons (Fsp3) is 0.333. The van der Waals surface area contributed by atoms with Crippen molar-refractivity contribution in [2.24, 2.45) is 0 Å². The molecule has 0 bridgehead atoms. The lowest BCUT2D eigenvalue weighted by atomic mass is 10.1. The lowest BCUT2D eigenvalue weighted by Crippen LogP contribution is -2.21. The maximum Gasteiger partial charge on any atom is 0.212 e. The molecule has 4 nitrogen and oxygen atoms in total. The van der Waals surface area contributed by atoms with E-state index in [2.05, 4.69) is 5.10 Å². The van der Waals surface area contributed by atoms with Crippen LogP contribution >= 0.6 is 11.6 Å². The van der Waals surface area contributed by atoms with Crippen LogP contribution in [0.1, 0.15) is 21.6 Å². The van der Waals surface area contributed by atoms with Crippen molar-refractivity contribution in [2.45, 2.75) is 13.5 Å². The summed E-state index contributed by atoms with van der Waals surface area (Å²) < 4.78 is 14.9. The highest BCUT2D eigenvalue weighted by molar-refractivity contribution is 6.34. The quantitative estimate of drug-likeness (QED) is 0.797. The standard InChI is InChI=1S/C15H17ClFN3O/c1-10-8-11(4-5-13(10)17)15(21)14-12(16)9-18-20(14)7-6-19(2)3/h4-5,8-9H,6-7H2,1-3H3. The van der Waals surface area contributed by atoms with E-state index >= 15 is 0 Å². The van der Waals surface area contributed by atoms with Gasteiger partial charge < -0.3 is 4.90 Å². The molecule has 0 N–H and O–H groups in total. The minimum atomic E-state index is -0.334. The van der Waals surface area contributed by atoms with Gasteiger partial charge in [0.1, 0.15) is 11.5 Å². The first-order valence-corrected chi connectivity index (χ1v) is 6.95. The molecule has 0 atom stereocenters. The molecule has 1 heterocycles. The van der Waals surface area contributed by atoms with Gasteiger partial charge in [-0.25, -0.2) is 4.39 Å². The molecule has 0 aliphatic heterocycles. The van der Waals surface area contributed by atoms with E-state index in [9.17, 15) is 9.18 Å². The molecule has 0 radical (unpaired) electrons. The number of hydrogen-bond acceptors (Lipinski definition) is 3. The van der Waals surface area contributed by atoms with E-state index in [-0.39, 0.29) is 11.6 Å².